The molecule has 2 heteroatoms. The first-order valence-corrected chi connectivity index (χ1v) is 4.21. The van der Waals surface area contributed by atoms with Crippen LogP contribution < -0.4 is 0 Å². The third kappa shape index (κ3) is 3.51. The minimum Gasteiger partial charge on any atom is -0.365 e. The highest BCUT2D eigenvalue weighted by molar-refractivity contribution is 5.55. The largest absolute Gasteiger partial charge is 0.365 e. The molecule has 1 unspecified atom stereocenters. The summed E-state index contributed by atoms with van der Waals surface area (Å²) in [6, 6.07) is 0. The van der Waals surface area contributed by atoms with Gasteiger partial charge in [0.05, 0.1) is 5.60 Å². The Labute approximate surface area is 68.9 Å². The average Bonchev–Trinajstić information content (AvgIpc) is 2.04. The fourth-order valence-electron chi connectivity index (χ4n) is 0.893. The van der Waals surface area contributed by atoms with Crippen molar-refractivity contribution in [3.05, 3.63) is 0 Å². The number of ether oxygens (including phenoxy) is 1. The number of hydrogen-bond donors (Lipinski definition) is 0. The van der Waals surface area contributed by atoms with Gasteiger partial charge in [0.2, 0.25) is 0 Å². The Kier molecular flexibility index (Phi) is 4.34. The van der Waals surface area contributed by atoms with Crippen LogP contribution in [0.15, 0.2) is 0 Å². The van der Waals surface area contributed by atoms with E-state index in [4.69, 9.17) is 4.74 Å². The van der Waals surface area contributed by atoms with Crippen molar-refractivity contribution in [2.75, 3.05) is 0 Å². The van der Waals surface area contributed by atoms with Gasteiger partial charge in [-0.15, -0.1) is 0 Å². The van der Waals surface area contributed by atoms with E-state index in [-0.39, 0.29) is 11.7 Å². The van der Waals surface area contributed by atoms with Crippen molar-refractivity contribution in [1.82, 2.24) is 0 Å². The van der Waals surface area contributed by atoms with Crippen molar-refractivity contribution < 1.29 is 9.53 Å². The van der Waals surface area contributed by atoms with Crippen molar-refractivity contribution in [3.63, 3.8) is 0 Å². The molecule has 0 saturated carbocycles. The summed E-state index contributed by atoms with van der Waals surface area (Å²) >= 11 is 0. The van der Waals surface area contributed by atoms with E-state index in [0.29, 0.717) is 0 Å². The second-order valence-electron chi connectivity index (χ2n) is 3.12. The second-order valence-corrected chi connectivity index (χ2v) is 3.12. The van der Waals surface area contributed by atoms with E-state index in [1.54, 1.807) is 6.92 Å². The monoisotopic (exact) mass is 158 g/mol. The molecule has 66 valence electrons. The smallest absolute Gasteiger partial charge is 0.148 e. The first-order valence-electron chi connectivity index (χ1n) is 4.21. The zero-order chi connectivity index (χ0) is 8.91. The Hall–Kier alpha value is -0.370. The number of hydrogen-bond acceptors (Lipinski definition) is 2. The van der Waals surface area contributed by atoms with Crippen LogP contribution in [0.3, 0.4) is 0 Å². The minimum absolute atomic E-state index is 0.125. The highest BCUT2D eigenvalue weighted by atomic mass is 16.5. The van der Waals surface area contributed by atoms with E-state index in [2.05, 4.69) is 13.8 Å². The molecule has 0 aliphatic carbocycles. The molecular formula is C9H18O2. The van der Waals surface area contributed by atoms with Crippen LogP contribution in [-0.4, -0.2) is 18.0 Å². The van der Waals surface area contributed by atoms with Gasteiger partial charge in [-0.3, -0.25) is 0 Å². The molecule has 0 aromatic carbocycles. The van der Waals surface area contributed by atoms with Gasteiger partial charge in [-0.05, 0) is 26.7 Å². The zero-order valence-corrected chi connectivity index (χ0v) is 7.89. The van der Waals surface area contributed by atoms with Crippen LogP contribution >= 0.6 is 0 Å². The summed E-state index contributed by atoms with van der Waals surface area (Å²) in [4.78, 5) is 10.3. The Balaban J connectivity index is 3.95. The van der Waals surface area contributed by atoms with Crippen molar-refractivity contribution >= 4 is 6.29 Å². The maximum absolute atomic E-state index is 10.3. The summed E-state index contributed by atoms with van der Waals surface area (Å²) in [6.45, 7) is 7.95. The molecule has 0 fully saturated rings. The molecule has 0 radical (unpaired) electrons. The highest BCUT2D eigenvalue weighted by Crippen LogP contribution is 2.20. The van der Waals surface area contributed by atoms with Gasteiger partial charge in [-0.25, -0.2) is 0 Å². The van der Waals surface area contributed by atoms with Gasteiger partial charge in [0.25, 0.3) is 0 Å². The van der Waals surface area contributed by atoms with Crippen LogP contribution in [0.4, 0.5) is 0 Å². The molecule has 0 amide bonds. The SMILES string of the molecule is CCC(C)(CC)OC(C)C=O. The zero-order valence-electron chi connectivity index (χ0n) is 7.89. The lowest BCUT2D eigenvalue weighted by molar-refractivity contribution is -0.130. The summed E-state index contributed by atoms with van der Waals surface area (Å²) in [6.07, 6.45) is 2.45. The van der Waals surface area contributed by atoms with Crippen LogP contribution in [0.1, 0.15) is 40.5 Å². The Bertz CT molecular complexity index is 117. The Morgan fingerprint density at radius 2 is 1.91 bits per heavy atom. The molecule has 0 rings (SSSR count). The van der Waals surface area contributed by atoms with Crippen LogP contribution in [0.2, 0.25) is 0 Å². The van der Waals surface area contributed by atoms with Gasteiger partial charge in [0.15, 0.2) is 0 Å². The number of carbonyl (C=O) groups excluding carboxylic acids is 1. The molecule has 0 N–H and O–H groups in total. The van der Waals surface area contributed by atoms with E-state index < -0.39 is 0 Å². The molecule has 0 aromatic heterocycles. The van der Waals surface area contributed by atoms with Gasteiger partial charge in [-0.2, -0.15) is 0 Å². The lowest BCUT2D eigenvalue weighted by Crippen LogP contribution is -2.31. The van der Waals surface area contributed by atoms with Crippen molar-refractivity contribution in [3.8, 4) is 0 Å². The maximum atomic E-state index is 10.3. The van der Waals surface area contributed by atoms with E-state index in [9.17, 15) is 4.79 Å². The molecule has 0 spiro atoms. The third-order valence-electron chi connectivity index (χ3n) is 2.16. The van der Waals surface area contributed by atoms with Crippen LogP contribution in [0, 0.1) is 0 Å². The summed E-state index contributed by atoms with van der Waals surface area (Å²) in [7, 11) is 0. The molecule has 0 bridgehead atoms. The average molecular weight is 158 g/mol. The Morgan fingerprint density at radius 3 is 2.18 bits per heavy atom. The molecule has 0 aliphatic rings. The topological polar surface area (TPSA) is 26.3 Å². The molecule has 0 saturated heterocycles. The number of carbonyl (C=O) groups is 1. The summed E-state index contributed by atoms with van der Waals surface area (Å²) in [5.41, 5.74) is -0.125. The van der Waals surface area contributed by atoms with Crippen LogP contribution in [0.25, 0.3) is 0 Å². The molecule has 0 heterocycles. The molecular weight excluding hydrogens is 140 g/mol. The molecule has 0 aromatic rings. The number of rotatable bonds is 5. The van der Waals surface area contributed by atoms with E-state index in [1.165, 1.54) is 0 Å². The Morgan fingerprint density at radius 1 is 1.45 bits per heavy atom. The van der Waals surface area contributed by atoms with E-state index >= 15 is 0 Å². The lowest BCUT2D eigenvalue weighted by atomic mass is 10.00. The van der Waals surface area contributed by atoms with Crippen LogP contribution in [0.5, 0.6) is 0 Å². The first kappa shape index (κ1) is 10.6. The molecule has 11 heavy (non-hydrogen) atoms. The van der Waals surface area contributed by atoms with E-state index in [0.717, 1.165) is 19.1 Å². The number of aldehydes is 1. The standard InChI is InChI=1S/C9H18O2/c1-5-9(4,6-2)11-8(3)7-10/h7-8H,5-6H2,1-4H3. The minimum atomic E-state index is -0.278. The summed E-state index contributed by atoms with van der Waals surface area (Å²) in [5, 5.41) is 0. The van der Waals surface area contributed by atoms with Crippen molar-refractivity contribution in [2.24, 2.45) is 0 Å². The lowest BCUT2D eigenvalue weighted by Gasteiger charge is -2.28. The fourth-order valence-corrected chi connectivity index (χ4v) is 0.893. The molecule has 0 aliphatic heterocycles. The summed E-state index contributed by atoms with van der Waals surface area (Å²) < 4.78 is 5.52. The van der Waals surface area contributed by atoms with E-state index in [1.807, 2.05) is 6.92 Å². The molecule has 1 atom stereocenters. The predicted molar refractivity (Wildman–Crippen MR) is 45.6 cm³/mol. The van der Waals surface area contributed by atoms with Crippen molar-refractivity contribution in [2.45, 2.75) is 52.2 Å². The van der Waals surface area contributed by atoms with Gasteiger partial charge in [0.1, 0.15) is 12.4 Å². The summed E-state index contributed by atoms with van der Waals surface area (Å²) in [5.74, 6) is 0. The third-order valence-corrected chi connectivity index (χ3v) is 2.16. The van der Waals surface area contributed by atoms with Crippen molar-refractivity contribution in [1.29, 1.82) is 0 Å². The predicted octanol–water partition coefficient (Wildman–Crippen LogP) is 2.17. The quantitative estimate of drug-likeness (QED) is 0.573. The fraction of sp³-hybridized carbons (Fsp3) is 0.889. The van der Waals surface area contributed by atoms with Gasteiger partial charge in [0, 0.05) is 0 Å². The van der Waals surface area contributed by atoms with Gasteiger partial charge >= 0.3 is 0 Å². The normalized spacial score (nSPS) is 14.5. The first-order chi connectivity index (χ1) is 5.08. The van der Waals surface area contributed by atoms with Crippen LogP contribution in [-0.2, 0) is 9.53 Å². The molecule has 2 nitrogen and oxygen atoms in total. The second kappa shape index (κ2) is 4.50. The maximum Gasteiger partial charge on any atom is 0.148 e. The van der Waals surface area contributed by atoms with Gasteiger partial charge in [-0.1, -0.05) is 13.8 Å². The van der Waals surface area contributed by atoms with Gasteiger partial charge < -0.3 is 9.53 Å². The highest BCUT2D eigenvalue weighted by Gasteiger charge is 2.22.